The molecule has 2 amide bonds. The van der Waals surface area contributed by atoms with Crippen LogP contribution in [0.25, 0.3) is 11.1 Å². The van der Waals surface area contributed by atoms with Crippen LogP contribution in [0, 0.1) is 0 Å². The normalized spacial score (nSPS) is 10.2. The Morgan fingerprint density at radius 1 is 0.636 bits per heavy atom. The van der Waals surface area contributed by atoms with E-state index in [0.717, 1.165) is 16.7 Å². The van der Waals surface area contributed by atoms with E-state index in [4.69, 9.17) is 4.74 Å². The smallest absolute Gasteiger partial charge is 0.325 e. The van der Waals surface area contributed by atoms with E-state index in [0.29, 0.717) is 5.56 Å². The quantitative estimate of drug-likeness (QED) is 0.370. The molecule has 7 nitrogen and oxygen atoms in total. The maximum Gasteiger partial charge on any atom is 0.325 e. The molecular formula is C26H24N2O5. The number of hydrogen-bond acceptors (Lipinski definition) is 5. The molecule has 0 unspecified atom stereocenters. The number of hydrogen-bond donors (Lipinski definition) is 2. The predicted molar refractivity (Wildman–Crippen MR) is 123 cm³/mol. The lowest BCUT2D eigenvalue weighted by Gasteiger charge is -2.08. The van der Waals surface area contributed by atoms with Crippen LogP contribution in [0.2, 0.25) is 0 Å². The average molecular weight is 444 g/mol. The average Bonchev–Trinajstić information content (AvgIpc) is 2.86. The largest absolute Gasteiger partial charge is 0.456 e. The van der Waals surface area contributed by atoms with Gasteiger partial charge in [0.25, 0.3) is 0 Å². The highest BCUT2D eigenvalue weighted by molar-refractivity contribution is 5.98. The number of nitrogens with one attached hydrogen (secondary N) is 2. The Hall–Kier alpha value is -4.26. The first-order chi connectivity index (χ1) is 16.0. The lowest BCUT2D eigenvalue weighted by atomic mass is 10.0. The number of carbonyl (C=O) groups is 4. The third-order valence-corrected chi connectivity index (χ3v) is 4.76. The summed E-state index contributed by atoms with van der Waals surface area (Å²) >= 11 is 0. The van der Waals surface area contributed by atoms with Crippen molar-refractivity contribution >= 4 is 23.6 Å². The highest BCUT2D eigenvalue weighted by Gasteiger charge is 2.12. The Morgan fingerprint density at radius 2 is 1.21 bits per heavy atom. The fourth-order valence-electron chi connectivity index (χ4n) is 3.02. The van der Waals surface area contributed by atoms with Crippen molar-refractivity contribution in [3.8, 4) is 11.1 Å². The van der Waals surface area contributed by atoms with Gasteiger partial charge in [-0.05, 0) is 16.7 Å². The number of esters is 1. The number of rotatable bonds is 10. The first-order valence-corrected chi connectivity index (χ1v) is 10.4. The zero-order valence-corrected chi connectivity index (χ0v) is 18.0. The van der Waals surface area contributed by atoms with Gasteiger partial charge in [-0.1, -0.05) is 84.9 Å². The first-order valence-electron chi connectivity index (χ1n) is 10.4. The van der Waals surface area contributed by atoms with Gasteiger partial charge < -0.3 is 15.4 Å². The molecule has 168 valence electrons. The highest BCUT2D eigenvalue weighted by Crippen LogP contribution is 2.19. The number of benzene rings is 3. The van der Waals surface area contributed by atoms with Crippen LogP contribution in [-0.2, 0) is 25.5 Å². The second kappa shape index (κ2) is 12.0. The number of carbonyl (C=O) groups excluding carboxylic acids is 4. The summed E-state index contributed by atoms with van der Waals surface area (Å²) in [5.41, 5.74) is 3.27. The van der Waals surface area contributed by atoms with Gasteiger partial charge in [0.05, 0.1) is 13.0 Å². The molecular weight excluding hydrogens is 420 g/mol. The fraction of sp³-hybridized carbons (Fsp3) is 0.154. The molecule has 0 atom stereocenters. The number of ketones is 1. The second-order valence-electron chi connectivity index (χ2n) is 7.24. The monoisotopic (exact) mass is 444 g/mol. The molecule has 2 N–H and O–H groups in total. The van der Waals surface area contributed by atoms with E-state index in [1.54, 1.807) is 12.1 Å². The van der Waals surface area contributed by atoms with Gasteiger partial charge in [0.15, 0.2) is 12.4 Å². The molecule has 0 saturated carbocycles. The SMILES string of the molecule is O=C(CNC(=O)Cc1ccccc1)NCC(=O)OCC(=O)c1ccc(-c2ccccc2)cc1. The minimum atomic E-state index is -0.742. The van der Waals surface area contributed by atoms with E-state index in [-0.39, 0.29) is 24.7 Å². The van der Waals surface area contributed by atoms with Crippen LogP contribution in [0.5, 0.6) is 0 Å². The van der Waals surface area contributed by atoms with E-state index < -0.39 is 25.0 Å². The molecule has 0 aliphatic rings. The molecule has 3 aromatic rings. The summed E-state index contributed by atoms with van der Waals surface area (Å²) < 4.78 is 4.94. The molecule has 0 aliphatic heterocycles. The summed E-state index contributed by atoms with van der Waals surface area (Å²) in [6.45, 7) is -1.08. The van der Waals surface area contributed by atoms with E-state index in [2.05, 4.69) is 10.6 Å². The van der Waals surface area contributed by atoms with Crippen LogP contribution in [0.4, 0.5) is 0 Å². The van der Waals surface area contributed by atoms with Gasteiger partial charge in [-0.3, -0.25) is 19.2 Å². The van der Waals surface area contributed by atoms with E-state index in [1.165, 1.54) is 0 Å². The van der Waals surface area contributed by atoms with Crippen molar-refractivity contribution in [2.45, 2.75) is 6.42 Å². The third kappa shape index (κ3) is 7.74. The van der Waals surface area contributed by atoms with E-state index >= 15 is 0 Å². The molecule has 33 heavy (non-hydrogen) atoms. The second-order valence-corrected chi connectivity index (χ2v) is 7.24. The summed E-state index contributed by atoms with van der Waals surface area (Å²) in [6, 6.07) is 25.9. The predicted octanol–water partition coefficient (Wildman–Crippen LogP) is 2.55. The van der Waals surface area contributed by atoms with Crippen LogP contribution < -0.4 is 10.6 Å². The van der Waals surface area contributed by atoms with Gasteiger partial charge >= 0.3 is 5.97 Å². The molecule has 0 spiro atoms. The first kappa shape index (κ1) is 23.4. The van der Waals surface area contributed by atoms with Crippen LogP contribution >= 0.6 is 0 Å². The van der Waals surface area contributed by atoms with Gasteiger partial charge in [0.2, 0.25) is 11.8 Å². The van der Waals surface area contributed by atoms with Crippen LogP contribution in [0.3, 0.4) is 0 Å². The van der Waals surface area contributed by atoms with Crippen molar-refractivity contribution in [1.82, 2.24) is 10.6 Å². The van der Waals surface area contributed by atoms with Crippen LogP contribution in [-0.4, -0.2) is 43.3 Å². The Labute approximate surface area is 191 Å². The standard InChI is InChI=1S/C26H24N2O5/c29-23(22-13-11-21(12-14-22)20-9-5-2-6-10-20)18-33-26(32)17-28-25(31)16-27-24(30)15-19-7-3-1-4-8-19/h1-14H,15-18H2,(H,27,30)(H,28,31). The van der Waals surface area contributed by atoms with Crippen molar-refractivity contribution < 1.29 is 23.9 Å². The van der Waals surface area contributed by atoms with Gasteiger partial charge in [-0.25, -0.2) is 0 Å². The Bertz CT molecular complexity index is 1100. The minimum Gasteiger partial charge on any atom is -0.456 e. The molecule has 3 rings (SSSR count). The van der Waals surface area contributed by atoms with Gasteiger partial charge in [-0.2, -0.15) is 0 Å². The summed E-state index contributed by atoms with van der Waals surface area (Å²) in [4.78, 5) is 47.7. The van der Waals surface area contributed by atoms with Gasteiger partial charge in [-0.15, -0.1) is 0 Å². The van der Waals surface area contributed by atoms with Crippen molar-refractivity contribution in [3.63, 3.8) is 0 Å². The number of amides is 2. The van der Waals surface area contributed by atoms with Crippen LogP contribution in [0.1, 0.15) is 15.9 Å². The lowest BCUT2D eigenvalue weighted by molar-refractivity contribution is -0.142. The number of ether oxygens (including phenoxy) is 1. The highest BCUT2D eigenvalue weighted by atomic mass is 16.5. The molecule has 0 saturated heterocycles. The molecule has 3 aromatic carbocycles. The molecule has 0 radical (unpaired) electrons. The third-order valence-electron chi connectivity index (χ3n) is 4.76. The molecule has 0 aliphatic carbocycles. The van der Waals surface area contributed by atoms with E-state index in [9.17, 15) is 19.2 Å². The van der Waals surface area contributed by atoms with Gasteiger partial charge in [0.1, 0.15) is 6.54 Å². The van der Waals surface area contributed by atoms with E-state index in [1.807, 2.05) is 72.8 Å². The summed E-state index contributed by atoms with van der Waals surface area (Å²) in [5.74, 6) is -1.92. The Morgan fingerprint density at radius 3 is 1.88 bits per heavy atom. The topological polar surface area (TPSA) is 102 Å². The molecule has 0 fully saturated rings. The maximum atomic E-state index is 12.3. The zero-order valence-electron chi connectivity index (χ0n) is 18.0. The maximum absolute atomic E-state index is 12.3. The molecule has 7 heteroatoms. The Balaban J connectivity index is 1.34. The fourth-order valence-corrected chi connectivity index (χ4v) is 3.02. The molecule has 0 heterocycles. The van der Waals surface area contributed by atoms with Crippen molar-refractivity contribution in [3.05, 3.63) is 96.1 Å². The number of Topliss-reactive ketones (excluding diaryl/α,β-unsaturated/α-hetero) is 1. The van der Waals surface area contributed by atoms with Crippen molar-refractivity contribution in [1.29, 1.82) is 0 Å². The molecule has 0 bridgehead atoms. The van der Waals surface area contributed by atoms with Crippen molar-refractivity contribution in [2.75, 3.05) is 19.7 Å². The van der Waals surface area contributed by atoms with Crippen LogP contribution in [0.15, 0.2) is 84.9 Å². The van der Waals surface area contributed by atoms with Crippen molar-refractivity contribution in [2.24, 2.45) is 0 Å². The zero-order chi connectivity index (χ0) is 23.5. The summed E-state index contributed by atoms with van der Waals surface area (Å²) in [6.07, 6.45) is 0.157. The Kier molecular flexibility index (Phi) is 8.48. The van der Waals surface area contributed by atoms with Gasteiger partial charge in [0, 0.05) is 5.56 Å². The summed E-state index contributed by atoms with van der Waals surface area (Å²) in [5, 5.41) is 4.84. The summed E-state index contributed by atoms with van der Waals surface area (Å²) in [7, 11) is 0. The molecule has 0 aromatic heterocycles. The lowest BCUT2D eigenvalue weighted by Crippen LogP contribution is -2.40. The minimum absolute atomic E-state index is 0.157.